The Morgan fingerprint density at radius 1 is 1.40 bits per heavy atom. The average molecular weight is 213 g/mol. The topological polar surface area (TPSA) is 32.5 Å². The summed E-state index contributed by atoms with van der Waals surface area (Å²) in [6.07, 6.45) is 1.11. The van der Waals surface area contributed by atoms with Crippen LogP contribution in [0.5, 0.6) is 0 Å². The van der Waals surface area contributed by atoms with Gasteiger partial charge in [0.15, 0.2) is 0 Å². The molecule has 1 fully saturated rings. The molecule has 0 aromatic heterocycles. The number of rotatable bonds is 3. The van der Waals surface area contributed by atoms with Crippen LogP contribution in [0.15, 0.2) is 0 Å². The Morgan fingerprint density at radius 2 is 2.00 bits per heavy atom. The summed E-state index contributed by atoms with van der Waals surface area (Å²) in [5.41, 5.74) is 5.95. The molecule has 1 aliphatic heterocycles. The molecule has 90 valence electrons. The third-order valence-corrected chi connectivity index (χ3v) is 3.57. The van der Waals surface area contributed by atoms with Crippen LogP contribution in [0.1, 0.15) is 34.1 Å². The molecule has 3 nitrogen and oxygen atoms in total. The summed E-state index contributed by atoms with van der Waals surface area (Å²) in [7, 11) is 2.22. The Balaban J connectivity index is 2.71. The van der Waals surface area contributed by atoms with Crippen LogP contribution in [0.25, 0.3) is 0 Å². The normalized spacial score (nSPS) is 28.6. The second-order valence-corrected chi connectivity index (χ2v) is 5.70. The van der Waals surface area contributed by atoms with E-state index in [9.17, 15) is 0 Å². The fraction of sp³-hybridized carbons (Fsp3) is 1.00. The van der Waals surface area contributed by atoms with E-state index in [0.717, 1.165) is 26.1 Å². The van der Waals surface area contributed by atoms with Crippen molar-refractivity contribution >= 4 is 0 Å². The van der Waals surface area contributed by atoms with Crippen LogP contribution in [-0.2, 0) is 0 Å². The lowest BCUT2D eigenvalue weighted by atomic mass is 9.93. The quantitative estimate of drug-likeness (QED) is 0.763. The SMILES string of the molecule is CC(C)N1CC(CCN)N(C)CC1(C)C. The van der Waals surface area contributed by atoms with Gasteiger partial charge in [-0.25, -0.2) is 0 Å². The van der Waals surface area contributed by atoms with Gasteiger partial charge in [-0.3, -0.25) is 4.90 Å². The predicted octanol–water partition coefficient (Wildman–Crippen LogP) is 1.14. The molecular weight excluding hydrogens is 186 g/mol. The standard InChI is InChI=1S/C12H27N3/c1-10(2)15-8-11(6-7-13)14(5)9-12(15,3)4/h10-11H,6-9,13H2,1-5H3. The highest BCUT2D eigenvalue weighted by molar-refractivity contribution is 4.95. The van der Waals surface area contributed by atoms with Gasteiger partial charge in [-0.1, -0.05) is 0 Å². The molecule has 0 radical (unpaired) electrons. The third kappa shape index (κ3) is 2.92. The van der Waals surface area contributed by atoms with Crippen molar-refractivity contribution in [2.45, 2.75) is 51.7 Å². The van der Waals surface area contributed by atoms with Crippen LogP contribution in [0.2, 0.25) is 0 Å². The number of nitrogens with two attached hydrogens (primary N) is 1. The summed E-state index contributed by atoms with van der Waals surface area (Å²) in [5, 5.41) is 0. The zero-order valence-electron chi connectivity index (χ0n) is 11.0. The van der Waals surface area contributed by atoms with E-state index < -0.39 is 0 Å². The zero-order chi connectivity index (χ0) is 11.6. The van der Waals surface area contributed by atoms with Gasteiger partial charge < -0.3 is 10.6 Å². The molecule has 0 saturated carbocycles. The van der Waals surface area contributed by atoms with Crippen LogP contribution < -0.4 is 5.73 Å². The molecule has 0 aliphatic carbocycles. The van der Waals surface area contributed by atoms with E-state index in [1.54, 1.807) is 0 Å². The molecule has 3 heteroatoms. The van der Waals surface area contributed by atoms with Crippen molar-refractivity contribution in [2.24, 2.45) is 5.73 Å². The Labute approximate surface area is 94.6 Å². The van der Waals surface area contributed by atoms with Gasteiger partial charge in [-0.15, -0.1) is 0 Å². The first kappa shape index (κ1) is 12.9. The van der Waals surface area contributed by atoms with E-state index in [-0.39, 0.29) is 5.54 Å². The Kier molecular flexibility index (Phi) is 4.15. The third-order valence-electron chi connectivity index (χ3n) is 3.57. The first-order valence-corrected chi connectivity index (χ1v) is 6.05. The van der Waals surface area contributed by atoms with Crippen LogP contribution in [0.4, 0.5) is 0 Å². The first-order chi connectivity index (χ1) is 6.88. The second kappa shape index (κ2) is 4.81. The monoisotopic (exact) mass is 213 g/mol. The van der Waals surface area contributed by atoms with Crippen LogP contribution >= 0.6 is 0 Å². The minimum Gasteiger partial charge on any atom is -0.330 e. The molecular formula is C12H27N3. The first-order valence-electron chi connectivity index (χ1n) is 6.05. The summed E-state index contributed by atoms with van der Waals surface area (Å²) < 4.78 is 0. The van der Waals surface area contributed by atoms with E-state index in [1.165, 1.54) is 0 Å². The molecule has 2 N–H and O–H groups in total. The van der Waals surface area contributed by atoms with Gasteiger partial charge in [0, 0.05) is 30.7 Å². The maximum atomic E-state index is 5.67. The van der Waals surface area contributed by atoms with Crippen molar-refractivity contribution in [3.63, 3.8) is 0 Å². The van der Waals surface area contributed by atoms with E-state index in [2.05, 4.69) is 44.5 Å². The van der Waals surface area contributed by atoms with Crippen molar-refractivity contribution < 1.29 is 0 Å². The van der Waals surface area contributed by atoms with Crippen molar-refractivity contribution in [3.05, 3.63) is 0 Å². The number of piperazine rings is 1. The van der Waals surface area contributed by atoms with E-state index in [4.69, 9.17) is 5.73 Å². The molecule has 1 atom stereocenters. The lowest BCUT2D eigenvalue weighted by molar-refractivity contribution is -0.0256. The van der Waals surface area contributed by atoms with Gasteiger partial charge in [0.2, 0.25) is 0 Å². The fourth-order valence-electron chi connectivity index (χ4n) is 2.86. The maximum absolute atomic E-state index is 5.67. The van der Waals surface area contributed by atoms with Crippen molar-refractivity contribution in [2.75, 3.05) is 26.7 Å². The number of nitrogens with zero attached hydrogens (tertiary/aromatic N) is 2. The maximum Gasteiger partial charge on any atom is 0.0283 e. The van der Waals surface area contributed by atoms with Crippen LogP contribution in [0, 0.1) is 0 Å². The van der Waals surface area contributed by atoms with Gasteiger partial charge in [-0.2, -0.15) is 0 Å². The lowest BCUT2D eigenvalue weighted by Crippen LogP contribution is -2.64. The summed E-state index contributed by atoms with van der Waals surface area (Å²) in [5.74, 6) is 0. The molecule has 0 spiro atoms. The van der Waals surface area contributed by atoms with Gasteiger partial charge in [0.1, 0.15) is 0 Å². The molecule has 1 heterocycles. The van der Waals surface area contributed by atoms with Crippen LogP contribution in [-0.4, -0.2) is 54.1 Å². The minimum absolute atomic E-state index is 0.286. The average Bonchev–Trinajstić information content (AvgIpc) is 2.08. The highest BCUT2D eigenvalue weighted by Gasteiger charge is 2.37. The summed E-state index contributed by atoms with van der Waals surface area (Å²) in [6.45, 7) is 12.3. The number of likely N-dealkylation sites (N-methyl/N-ethyl adjacent to an activating group) is 1. The molecule has 0 bridgehead atoms. The minimum atomic E-state index is 0.286. The molecule has 0 amide bonds. The van der Waals surface area contributed by atoms with Crippen molar-refractivity contribution in [3.8, 4) is 0 Å². The van der Waals surface area contributed by atoms with E-state index in [1.807, 2.05) is 0 Å². The summed E-state index contributed by atoms with van der Waals surface area (Å²) in [6, 6.07) is 1.25. The van der Waals surface area contributed by atoms with Crippen molar-refractivity contribution in [1.29, 1.82) is 0 Å². The lowest BCUT2D eigenvalue weighted by Gasteiger charge is -2.52. The predicted molar refractivity (Wildman–Crippen MR) is 66.0 cm³/mol. The number of hydrogen-bond donors (Lipinski definition) is 1. The van der Waals surface area contributed by atoms with Gasteiger partial charge in [0.25, 0.3) is 0 Å². The molecule has 15 heavy (non-hydrogen) atoms. The van der Waals surface area contributed by atoms with Gasteiger partial charge >= 0.3 is 0 Å². The highest BCUT2D eigenvalue weighted by atomic mass is 15.3. The molecule has 1 rings (SSSR count). The molecule has 1 aliphatic rings. The van der Waals surface area contributed by atoms with E-state index in [0.29, 0.717) is 12.1 Å². The highest BCUT2D eigenvalue weighted by Crippen LogP contribution is 2.26. The van der Waals surface area contributed by atoms with Crippen molar-refractivity contribution in [1.82, 2.24) is 9.80 Å². The van der Waals surface area contributed by atoms with Crippen LogP contribution in [0.3, 0.4) is 0 Å². The molecule has 0 aromatic rings. The van der Waals surface area contributed by atoms with Gasteiger partial charge in [-0.05, 0) is 47.7 Å². The second-order valence-electron chi connectivity index (χ2n) is 5.70. The summed E-state index contributed by atoms with van der Waals surface area (Å²) in [4.78, 5) is 5.07. The molecule has 0 aromatic carbocycles. The smallest absolute Gasteiger partial charge is 0.0283 e. The van der Waals surface area contributed by atoms with E-state index >= 15 is 0 Å². The van der Waals surface area contributed by atoms with Gasteiger partial charge in [0.05, 0.1) is 0 Å². The largest absolute Gasteiger partial charge is 0.330 e. The Morgan fingerprint density at radius 3 is 2.47 bits per heavy atom. The zero-order valence-corrected chi connectivity index (χ0v) is 11.0. The summed E-state index contributed by atoms with van der Waals surface area (Å²) >= 11 is 0. The number of hydrogen-bond acceptors (Lipinski definition) is 3. The molecule has 1 unspecified atom stereocenters. The Bertz CT molecular complexity index is 201. The Hall–Kier alpha value is -0.120. The molecule has 1 saturated heterocycles. The fourth-order valence-corrected chi connectivity index (χ4v) is 2.86.